The number of nitrogens with one attached hydrogen (secondary N) is 1. The van der Waals surface area contributed by atoms with Crippen molar-refractivity contribution in [1.29, 1.82) is 0 Å². The number of carbonyl (C=O) groups excluding carboxylic acids is 1. The maximum atomic E-state index is 14.3. The summed E-state index contributed by atoms with van der Waals surface area (Å²) < 4.78 is 32.5. The highest BCUT2D eigenvalue weighted by Crippen LogP contribution is 2.55. The molecule has 9 heteroatoms. The Morgan fingerprint density at radius 2 is 2.16 bits per heavy atom. The van der Waals surface area contributed by atoms with Crippen LogP contribution < -0.4 is 5.32 Å². The van der Waals surface area contributed by atoms with Crippen LogP contribution in [0, 0.1) is 28.4 Å². The first kappa shape index (κ1) is 22.5. The summed E-state index contributed by atoms with van der Waals surface area (Å²) in [5, 5.41) is 13.0. The lowest BCUT2D eigenvalue weighted by atomic mass is 9.57. The van der Waals surface area contributed by atoms with Crippen molar-refractivity contribution >= 4 is 11.8 Å². The van der Waals surface area contributed by atoms with Gasteiger partial charge in [-0.3, -0.25) is 9.89 Å². The quantitative estimate of drug-likeness (QED) is 0.532. The Hall–Kier alpha value is -2.65. The number of aromatic nitrogens is 1. The average molecular weight is 446 g/mol. The third-order valence-corrected chi connectivity index (χ3v) is 7.33. The number of esters is 1. The van der Waals surface area contributed by atoms with Gasteiger partial charge in [0.05, 0.1) is 25.4 Å². The summed E-state index contributed by atoms with van der Waals surface area (Å²) in [5.74, 6) is -1.92. The molecule has 0 spiro atoms. The van der Waals surface area contributed by atoms with E-state index in [0.29, 0.717) is 17.8 Å². The number of ether oxygens (including phenoxy) is 1. The summed E-state index contributed by atoms with van der Waals surface area (Å²) in [7, 11) is 1.30. The van der Waals surface area contributed by atoms with Crippen molar-refractivity contribution in [1.82, 2.24) is 15.2 Å². The number of rotatable bonds is 5. The van der Waals surface area contributed by atoms with Gasteiger partial charge in [0, 0.05) is 43.9 Å². The van der Waals surface area contributed by atoms with Crippen LogP contribution in [0.2, 0.25) is 0 Å². The van der Waals surface area contributed by atoms with Crippen molar-refractivity contribution in [3.8, 4) is 0 Å². The van der Waals surface area contributed by atoms with E-state index in [9.17, 15) is 18.7 Å². The van der Waals surface area contributed by atoms with Gasteiger partial charge < -0.3 is 15.2 Å². The monoisotopic (exact) mass is 446 g/mol. The number of halogens is 2. The number of nitrogens with zero attached hydrogens (tertiary/aromatic N) is 3. The Labute approximate surface area is 185 Å². The van der Waals surface area contributed by atoms with Gasteiger partial charge in [0.15, 0.2) is 11.7 Å². The second kappa shape index (κ2) is 8.37. The van der Waals surface area contributed by atoms with E-state index >= 15 is 0 Å². The molecule has 1 aromatic heterocycles. The van der Waals surface area contributed by atoms with Crippen LogP contribution in [0.1, 0.15) is 26.0 Å². The minimum absolute atomic E-state index is 0.00598. The summed E-state index contributed by atoms with van der Waals surface area (Å²) in [6, 6.07) is 0.751. The summed E-state index contributed by atoms with van der Waals surface area (Å²) >= 11 is 0. The highest BCUT2D eigenvalue weighted by molar-refractivity contribution is 6.02. The first-order valence-corrected chi connectivity index (χ1v) is 10.6. The molecule has 0 radical (unpaired) electrons. The second-order valence-electron chi connectivity index (χ2n) is 9.27. The first-order chi connectivity index (χ1) is 15.2. The molecule has 32 heavy (non-hydrogen) atoms. The largest absolute Gasteiger partial charge is 0.466 e. The molecular formula is C23H28F2N4O3. The molecule has 2 N–H and O–H groups in total. The number of hydrogen-bond acceptors (Lipinski definition) is 7. The Morgan fingerprint density at radius 1 is 1.38 bits per heavy atom. The molecule has 0 amide bonds. The van der Waals surface area contributed by atoms with Crippen LogP contribution in [0.25, 0.3) is 0 Å². The van der Waals surface area contributed by atoms with Gasteiger partial charge in [0.2, 0.25) is 0 Å². The smallest absolute Gasteiger partial charge is 0.337 e. The zero-order valence-electron chi connectivity index (χ0n) is 18.5. The van der Waals surface area contributed by atoms with Crippen LogP contribution in [-0.4, -0.2) is 66.7 Å². The van der Waals surface area contributed by atoms with Crippen LogP contribution in [0.15, 0.2) is 40.7 Å². The minimum atomic E-state index is -0.832. The van der Waals surface area contributed by atoms with Crippen LogP contribution >= 0.6 is 0 Å². The van der Waals surface area contributed by atoms with Gasteiger partial charge in [-0.1, -0.05) is 26.0 Å². The molecule has 0 saturated carbocycles. The van der Waals surface area contributed by atoms with E-state index in [1.807, 2.05) is 0 Å². The number of aliphatic imine (C=N–C) groups is 1. The van der Waals surface area contributed by atoms with E-state index in [0.717, 1.165) is 31.8 Å². The second-order valence-corrected chi connectivity index (χ2v) is 9.27. The summed E-state index contributed by atoms with van der Waals surface area (Å²) in [5.41, 5.74) is 0.662. The van der Waals surface area contributed by atoms with Crippen molar-refractivity contribution in [2.75, 3.05) is 39.9 Å². The molecule has 0 bridgehead atoms. The topological polar surface area (TPSA) is 87.0 Å². The normalized spacial score (nSPS) is 30.1. The number of fused-ring (bicyclic) bond motifs is 1. The van der Waals surface area contributed by atoms with E-state index in [2.05, 4.69) is 46.2 Å². The van der Waals surface area contributed by atoms with E-state index in [-0.39, 0.29) is 41.4 Å². The molecule has 7 nitrogen and oxygen atoms in total. The van der Waals surface area contributed by atoms with Crippen molar-refractivity contribution < 1.29 is 23.4 Å². The predicted molar refractivity (Wildman–Crippen MR) is 115 cm³/mol. The number of likely N-dealkylation sites (tertiary alicyclic amines) is 1. The zero-order valence-corrected chi connectivity index (χ0v) is 18.5. The fourth-order valence-electron chi connectivity index (χ4n) is 5.23. The van der Waals surface area contributed by atoms with Crippen LogP contribution in [0.3, 0.4) is 0 Å². The number of allylic oxidation sites excluding steroid dienone is 1. The number of amidine groups is 1. The molecular weight excluding hydrogens is 418 g/mol. The van der Waals surface area contributed by atoms with E-state index < -0.39 is 17.6 Å². The van der Waals surface area contributed by atoms with Crippen molar-refractivity contribution in [2.45, 2.75) is 20.3 Å². The Morgan fingerprint density at radius 3 is 2.84 bits per heavy atom. The Bertz CT molecular complexity index is 1020. The molecule has 0 aromatic carbocycles. The number of carbonyl (C=O) groups is 1. The molecule has 172 valence electrons. The molecule has 3 heterocycles. The lowest BCUT2D eigenvalue weighted by Gasteiger charge is -2.46. The lowest BCUT2D eigenvalue weighted by Crippen LogP contribution is -2.45. The fraction of sp³-hybridized carbons (Fsp3) is 0.522. The SMILES string of the molecule is COC(=O)C1=C(CN2CC3(C)[C@H](CO)C=CC[C@@]3(C)C2)NC(c2ncc(F)cc2F)=NC1. The zero-order chi connectivity index (χ0) is 23.1. The average Bonchev–Trinajstić information content (AvgIpc) is 3.02. The maximum Gasteiger partial charge on any atom is 0.337 e. The Balaban J connectivity index is 1.60. The van der Waals surface area contributed by atoms with Crippen LogP contribution in [0.5, 0.6) is 0 Å². The molecule has 1 unspecified atom stereocenters. The van der Waals surface area contributed by atoms with Crippen molar-refractivity contribution in [2.24, 2.45) is 21.7 Å². The molecule has 3 atom stereocenters. The van der Waals surface area contributed by atoms with Gasteiger partial charge in [0.1, 0.15) is 11.5 Å². The van der Waals surface area contributed by atoms with Gasteiger partial charge in [0.25, 0.3) is 0 Å². The van der Waals surface area contributed by atoms with Crippen molar-refractivity contribution in [3.63, 3.8) is 0 Å². The van der Waals surface area contributed by atoms with Crippen LogP contribution in [0.4, 0.5) is 8.78 Å². The van der Waals surface area contributed by atoms with Crippen molar-refractivity contribution in [3.05, 3.63) is 53.0 Å². The van der Waals surface area contributed by atoms with E-state index in [1.54, 1.807) is 0 Å². The summed E-state index contributed by atoms with van der Waals surface area (Å²) in [4.78, 5) is 22.7. The number of methoxy groups -OCH3 is 1. The third kappa shape index (κ3) is 3.73. The molecule has 1 aliphatic carbocycles. The first-order valence-electron chi connectivity index (χ1n) is 10.6. The summed E-state index contributed by atoms with van der Waals surface area (Å²) in [6.45, 7) is 6.42. The van der Waals surface area contributed by atoms with E-state index in [1.165, 1.54) is 7.11 Å². The predicted octanol–water partition coefficient (Wildman–Crippen LogP) is 2.03. The minimum Gasteiger partial charge on any atom is -0.466 e. The van der Waals surface area contributed by atoms with Gasteiger partial charge in [-0.05, 0) is 17.3 Å². The number of aliphatic hydroxyl groups is 1. The lowest BCUT2D eigenvalue weighted by molar-refractivity contribution is -0.136. The van der Waals surface area contributed by atoms with E-state index in [4.69, 9.17) is 4.74 Å². The highest BCUT2D eigenvalue weighted by Gasteiger charge is 2.55. The van der Waals surface area contributed by atoms with Gasteiger partial charge in [-0.2, -0.15) is 0 Å². The molecule has 1 fully saturated rings. The summed E-state index contributed by atoms with van der Waals surface area (Å²) in [6.07, 6.45) is 6.07. The molecule has 2 aliphatic heterocycles. The number of pyridine rings is 1. The number of hydrogen-bond donors (Lipinski definition) is 2. The van der Waals surface area contributed by atoms with Gasteiger partial charge in [-0.25, -0.2) is 18.6 Å². The molecule has 1 aromatic rings. The molecule has 4 rings (SSSR count). The number of aliphatic hydroxyl groups excluding tert-OH is 1. The molecule has 1 saturated heterocycles. The third-order valence-electron chi connectivity index (χ3n) is 7.33. The highest BCUT2D eigenvalue weighted by atomic mass is 19.1. The standard InChI is InChI=1S/C23H28F2N4O3/c1-22-6-4-5-14(11-30)23(22,2)13-29(12-22)10-18-16(21(31)32-3)9-27-20(28-18)19-17(25)7-15(24)8-26-19/h4-5,7-8,14,30H,6,9-13H2,1-3H3,(H,27,28)/t14-,22-,23?/m0/s1. The Kier molecular flexibility index (Phi) is 5.89. The van der Waals surface area contributed by atoms with Crippen LogP contribution in [-0.2, 0) is 9.53 Å². The maximum absolute atomic E-state index is 14.3. The van der Waals surface area contributed by atoms with Gasteiger partial charge in [-0.15, -0.1) is 0 Å². The van der Waals surface area contributed by atoms with Gasteiger partial charge >= 0.3 is 5.97 Å². The molecule has 3 aliphatic rings. The fourth-order valence-corrected chi connectivity index (χ4v) is 5.23.